The predicted octanol–water partition coefficient (Wildman–Crippen LogP) is 2.27. The first-order valence-electron chi connectivity index (χ1n) is 9.78. The number of anilines is 1. The van der Waals surface area contributed by atoms with E-state index in [1.807, 2.05) is 47.4 Å². The van der Waals surface area contributed by atoms with Crippen molar-refractivity contribution in [2.75, 3.05) is 44.8 Å². The van der Waals surface area contributed by atoms with Crippen LogP contribution in [-0.4, -0.2) is 65.9 Å². The smallest absolute Gasteiger partial charge is 0.260 e. The monoisotopic (exact) mass is 405 g/mol. The van der Waals surface area contributed by atoms with Crippen LogP contribution in [0, 0.1) is 0 Å². The number of hydrogen-bond donors (Lipinski definition) is 0. The largest absolute Gasteiger partial charge is 0.493 e. The fourth-order valence-electron chi connectivity index (χ4n) is 3.30. The van der Waals surface area contributed by atoms with Crippen LogP contribution < -0.4 is 14.4 Å². The molecule has 0 bridgehead atoms. The second-order valence-corrected chi connectivity index (χ2v) is 6.80. The van der Waals surface area contributed by atoms with Gasteiger partial charge in [0.05, 0.1) is 12.8 Å². The summed E-state index contributed by atoms with van der Waals surface area (Å²) in [6.45, 7) is 2.59. The predicted molar refractivity (Wildman–Crippen MR) is 113 cm³/mol. The van der Waals surface area contributed by atoms with Crippen molar-refractivity contribution >= 4 is 11.7 Å². The summed E-state index contributed by atoms with van der Waals surface area (Å²) in [5, 5.41) is 8.63. The standard InChI is InChI=1S/C22H23N5O3/c1-29-19-7-2-3-8-20(19)30-16-22(28)27-14-12-26(13-15-27)21-10-9-18(24-25-21)17-6-4-5-11-23-17/h2-11H,12-16H2,1H3. The Hall–Kier alpha value is -3.68. The van der Waals surface area contributed by atoms with Crippen LogP contribution in [0.1, 0.15) is 0 Å². The van der Waals surface area contributed by atoms with Gasteiger partial charge in [0.2, 0.25) is 0 Å². The average Bonchev–Trinajstić information content (AvgIpc) is 2.83. The van der Waals surface area contributed by atoms with Crippen molar-refractivity contribution in [3.63, 3.8) is 0 Å². The third-order valence-electron chi connectivity index (χ3n) is 4.95. The zero-order valence-electron chi connectivity index (χ0n) is 16.8. The Morgan fingerprint density at radius 2 is 1.67 bits per heavy atom. The second-order valence-electron chi connectivity index (χ2n) is 6.80. The van der Waals surface area contributed by atoms with E-state index in [4.69, 9.17) is 9.47 Å². The van der Waals surface area contributed by atoms with Gasteiger partial charge in [-0.15, -0.1) is 10.2 Å². The first-order chi connectivity index (χ1) is 14.7. The molecular weight excluding hydrogens is 382 g/mol. The van der Waals surface area contributed by atoms with Crippen LogP contribution in [0.25, 0.3) is 11.4 Å². The number of carbonyl (C=O) groups is 1. The highest BCUT2D eigenvalue weighted by Crippen LogP contribution is 2.25. The summed E-state index contributed by atoms with van der Waals surface area (Å²) in [6.07, 6.45) is 1.73. The zero-order chi connectivity index (χ0) is 20.8. The number of para-hydroxylation sites is 2. The average molecular weight is 405 g/mol. The molecule has 1 aromatic carbocycles. The highest BCUT2D eigenvalue weighted by atomic mass is 16.5. The van der Waals surface area contributed by atoms with E-state index in [-0.39, 0.29) is 12.5 Å². The molecule has 8 nitrogen and oxygen atoms in total. The number of piperazine rings is 1. The van der Waals surface area contributed by atoms with Crippen LogP contribution in [0.5, 0.6) is 11.5 Å². The van der Waals surface area contributed by atoms with Gasteiger partial charge in [0.15, 0.2) is 23.9 Å². The zero-order valence-corrected chi connectivity index (χ0v) is 16.8. The summed E-state index contributed by atoms with van der Waals surface area (Å²) < 4.78 is 10.9. The van der Waals surface area contributed by atoms with Crippen molar-refractivity contribution < 1.29 is 14.3 Å². The Morgan fingerprint density at radius 3 is 2.33 bits per heavy atom. The number of carbonyl (C=O) groups excluding carboxylic acids is 1. The van der Waals surface area contributed by atoms with Crippen LogP contribution in [-0.2, 0) is 4.79 Å². The SMILES string of the molecule is COc1ccccc1OCC(=O)N1CCN(c2ccc(-c3ccccn3)nn2)CC1. The molecule has 0 unspecified atom stereocenters. The van der Waals surface area contributed by atoms with Crippen molar-refractivity contribution in [2.24, 2.45) is 0 Å². The van der Waals surface area contributed by atoms with Crippen molar-refractivity contribution in [1.82, 2.24) is 20.1 Å². The van der Waals surface area contributed by atoms with Gasteiger partial charge in [-0.2, -0.15) is 0 Å². The van der Waals surface area contributed by atoms with Crippen LogP contribution in [0.3, 0.4) is 0 Å². The topological polar surface area (TPSA) is 80.7 Å². The van der Waals surface area contributed by atoms with Crippen molar-refractivity contribution in [1.29, 1.82) is 0 Å². The minimum atomic E-state index is -0.0443. The summed E-state index contributed by atoms with van der Waals surface area (Å²) in [5.41, 5.74) is 1.53. The number of ether oxygens (including phenoxy) is 2. The lowest BCUT2D eigenvalue weighted by Gasteiger charge is -2.35. The third-order valence-corrected chi connectivity index (χ3v) is 4.95. The van der Waals surface area contributed by atoms with Gasteiger partial charge in [0.25, 0.3) is 5.91 Å². The molecule has 8 heteroatoms. The lowest BCUT2D eigenvalue weighted by molar-refractivity contribution is -0.133. The van der Waals surface area contributed by atoms with Gasteiger partial charge in [-0.05, 0) is 36.4 Å². The number of amides is 1. The molecule has 1 amide bonds. The number of rotatable bonds is 6. The summed E-state index contributed by atoms with van der Waals surface area (Å²) in [6, 6.07) is 16.9. The minimum Gasteiger partial charge on any atom is -0.493 e. The molecule has 1 fully saturated rings. The van der Waals surface area contributed by atoms with Gasteiger partial charge < -0.3 is 19.3 Å². The molecule has 0 N–H and O–H groups in total. The Balaban J connectivity index is 1.30. The minimum absolute atomic E-state index is 0.0149. The first-order valence-corrected chi connectivity index (χ1v) is 9.78. The van der Waals surface area contributed by atoms with Crippen LogP contribution in [0.4, 0.5) is 5.82 Å². The summed E-state index contributed by atoms with van der Waals surface area (Å²) in [7, 11) is 1.58. The Labute approximate surface area is 175 Å². The lowest BCUT2D eigenvalue weighted by Crippen LogP contribution is -2.50. The maximum atomic E-state index is 12.5. The molecule has 30 heavy (non-hydrogen) atoms. The molecule has 2 aromatic heterocycles. The maximum absolute atomic E-state index is 12.5. The summed E-state index contributed by atoms with van der Waals surface area (Å²) >= 11 is 0. The van der Waals surface area contributed by atoms with Crippen LogP contribution in [0.15, 0.2) is 60.8 Å². The normalized spacial score (nSPS) is 13.8. The van der Waals surface area contributed by atoms with Gasteiger partial charge in [0.1, 0.15) is 5.69 Å². The Kier molecular flexibility index (Phi) is 6.03. The van der Waals surface area contributed by atoms with E-state index in [9.17, 15) is 4.79 Å². The summed E-state index contributed by atoms with van der Waals surface area (Å²) in [5.74, 6) is 1.93. The number of hydrogen-bond acceptors (Lipinski definition) is 7. The van der Waals surface area contributed by atoms with Crippen LogP contribution in [0.2, 0.25) is 0 Å². The van der Waals surface area contributed by atoms with Crippen molar-refractivity contribution in [2.45, 2.75) is 0 Å². The molecule has 0 atom stereocenters. The van der Waals surface area contributed by atoms with E-state index in [1.165, 1.54) is 0 Å². The molecule has 0 spiro atoms. The molecule has 0 radical (unpaired) electrons. The molecule has 0 saturated carbocycles. The van der Waals surface area contributed by atoms with Gasteiger partial charge >= 0.3 is 0 Å². The quantitative estimate of drug-likeness (QED) is 0.622. The lowest BCUT2D eigenvalue weighted by atomic mass is 10.2. The molecule has 1 aliphatic heterocycles. The van der Waals surface area contributed by atoms with E-state index in [0.717, 1.165) is 17.2 Å². The molecular formula is C22H23N5O3. The van der Waals surface area contributed by atoms with Gasteiger partial charge in [-0.25, -0.2) is 0 Å². The molecule has 3 heterocycles. The van der Waals surface area contributed by atoms with E-state index >= 15 is 0 Å². The molecule has 1 aliphatic rings. The van der Waals surface area contributed by atoms with Gasteiger partial charge in [-0.3, -0.25) is 9.78 Å². The summed E-state index contributed by atoms with van der Waals surface area (Å²) in [4.78, 5) is 20.7. The van der Waals surface area contributed by atoms with E-state index in [1.54, 1.807) is 25.4 Å². The van der Waals surface area contributed by atoms with E-state index < -0.39 is 0 Å². The van der Waals surface area contributed by atoms with Crippen molar-refractivity contribution in [3.8, 4) is 22.9 Å². The van der Waals surface area contributed by atoms with E-state index in [2.05, 4.69) is 20.1 Å². The number of aromatic nitrogens is 3. The Morgan fingerprint density at radius 1 is 0.900 bits per heavy atom. The second kappa shape index (κ2) is 9.21. The molecule has 154 valence electrons. The number of nitrogens with zero attached hydrogens (tertiary/aromatic N) is 5. The highest BCUT2D eigenvalue weighted by Gasteiger charge is 2.22. The fourth-order valence-corrected chi connectivity index (χ4v) is 3.30. The first kappa shape index (κ1) is 19.6. The fraction of sp³-hybridized carbons (Fsp3) is 0.273. The molecule has 0 aliphatic carbocycles. The third kappa shape index (κ3) is 4.48. The van der Waals surface area contributed by atoms with Gasteiger partial charge in [0, 0.05) is 32.4 Å². The van der Waals surface area contributed by atoms with Crippen molar-refractivity contribution in [3.05, 3.63) is 60.8 Å². The molecule has 4 rings (SSSR count). The van der Waals surface area contributed by atoms with Crippen LogP contribution >= 0.6 is 0 Å². The Bertz CT molecular complexity index is 974. The molecule has 3 aromatic rings. The maximum Gasteiger partial charge on any atom is 0.260 e. The number of benzene rings is 1. The number of methoxy groups -OCH3 is 1. The highest BCUT2D eigenvalue weighted by molar-refractivity contribution is 5.78. The number of pyridine rings is 1. The molecule has 1 saturated heterocycles. The van der Waals surface area contributed by atoms with Gasteiger partial charge in [-0.1, -0.05) is 18.2 Å². The van der Waals surface area contributed by atoms with E-state index in [0.29, 0.717) is 37.7 Å².